The monoisotopic (exact) mass is 306 g/mol. The van der Waals surface area contributed by atoms with Crippen LogP contribution in [-0.2, 0) is 16.3 Å². The molecular weight excluding hydrogens is 286 g/mol. The van der Waals surface area contributed by atoms with Crippen molar-refractivity contribution in [1.29, 1.82) is 0 Å². The van der Waals surface area contributed by atoms with Crippen LogP contribution >= 0.6 is 0 Å². The molecule has 0 amide bonds. The lowest BCUT2D eigenvalue weighted by molar-refractivity contribution is 0.570. The molecule has 0 aromatic heterocycles. The Balaban J connectivity index is 2.95. The van der Waals surface area contributed by atoms with Gasteiger partial charge in [-0.1, -0.05) is 0 Å². The van der Waals surface area contributed by atoms with Crippen LogP contribution in [0.1, 0.15) is 12.5 Å². The van der Waals surface area contributed by atoms with Gasteiger partial charge < -0.3 is 10.6 Å². The van der Waals surface area contributed by atoms with Gasteiger partial charge in [0.05, 0.1) is 5.75 Å². The van der Waals surface area contributed by atoms with Crippen LogP contribution in [0.5, 0.6) is 0 Å². The molecule has 0 radical (unpaired) electrons. The average Bonchev–Trinajstić information content (AvgIpc) is 2.23. The molecule has 1 atom stereocenters. The largest absolute Gasteiger partial charge is 0.369 e. The van der Waals surface area contributed by atoms with Gasteiger partial charge in [0.15, 0.2) is 0 Å². The Morgan fingerprint density at radius 1 is 1.30 bits per heavy atom. The minimum Gasteiger partial charge on any atom is -0.369 e. The molecule has 0 fully saturated rings. The zero-order valence-electron chi connectivity index (χ0n) is 11.9. The molecule has 0 aliphatic carbocycles. The van der Waals surface area contributed by atoms with Gasteiger partial charge in [0.25, 0.3) is 0 Å². The first-order valence-corrected chi connectivity index (χ1v) is 8.28. The van der Waals surface area contributed by atoms with E-state index in [4.69, 9.17) is 5.73 Å². The third-order valence-electron chi connectivity index (χ3n) is 2.81. The number of halogens is 2. The predicted molar refractivity (Wildman–Crippen MR) is 76.7 cm³/mol. The summed E-state index contributed by atoms with van der Waals surface area (Å²) in [5, 5.41) is 0. The molecule has 0 heterocycles. The van der Waals surface area contributed by atoms with Crippen molar-refractivity contribution in [2.45, 2.75) is 19.4 Å². The highest BCUT2D eigenvalue weighted by Crippen LogP contribution is 2.24. The van der Waals surface area contributed by atoms with E-state index in [9.17, 15) is 17.2 Å². The maximum absolute atomic E-state index is 14.0. The van der Waals surface area contributed by atoms with Crippen molar-refractivity contribution in [3.63, 3.8) is 0 Å². The van der Waals surface area contributed by atoms with Gasteiger partial charge in [-0.05, 0) is 31.0 Å². The van der Waals surface area contributed by atoms with Crippen LogP contribution in [0.2, 0.25) is 0 Å². The SMILES string of the molecule is CC(N)Cc1cc(F)c(N(C)CCS(C)(=O)=O)c(F)c1. The van der Waals surface area contributed by atoms with Gasteiger partial charge in [-0.15, -0.1) is 0 Å². The lowest BCUT2D eigenvalue weighted by Crippen LogP contribution is -2.27. The second-order valence-corrected chi connectivity index (χ2v) is 7.40. The van der Waals surface area contributed by atoms with Crippen LogP contribution in [0.25, 0.3) is 0 Å². The summed E-state index contributed by atoms with van der Waals surface area (Å²) in [5.74, 6) is -1.59. The summed E-state index contributed by atoms with van der Waals surface area (Å²) < 4.78 is 50.1. The minimum atomic E-state index is -3.18. The van der Waals surface area contributed by atoms with E-state index in [-0.39, 0.29) is 24.0 Å². The number of anilines is 1. The summed E-state index contributed by atoms with van der Waals surface area (Å²) in [6.45, 7) is 1.78. The molecule has 7 heteroatoms. The van der Waals surface area contributed by atoms with Crippen molar-refractivity contribution in [2.75, 3.05) is 30.5 Å². The molecule has 0 saturated carbocycles. The highest BCUT2D eigenvalue weighted by Gasteiger charge is 2.17. The predicted octanol–water partition coefficient (Wildman–Crippen LogP) is 1.34. The smallest absolute Gasteiger partial charge is 0.149 e. The van der Waals surface area contributed by atoms with E-state index in [2.05, 4.69) is 0 Å². The zero-order valence-corrected chi connectivity index (χ0v) is 12.7. The van der Waals surface area contributed by atoms with E-state index in [1.54, 1.807) is 6.92 Å². The molecule has 0 aliphatic heterocycles. The number of hydrogen-bond acceptors (Lipinski definition) is 4. The number of benzene rings is 1. The molecule has 1 rings (SSSR count). The fraction of sp³-hybridized carbons (Fsp3) is 0.538. The molecule has 20 heavy (non-hydrogen) atoms. The van der Waals surface area contributed by atoms with Gasteiger partial charge in [-0.2, -0.15) is 0 Å². The number of nitrogens with two attached hydrogens (primary N) is 1. The molecule has 114 valence electrons. The quantitative estimate of drug-likeness (QED) is 0.861. The number of rotatable bonds is 6. The Morgan fingerprint density at radius 3 is 2.20 bits per heavy atom. The molecule has 0 spiro atoms. The average molecular weight is 306 g/mol. The molecular formula is C13H20F2N2O2S. The van der Waals surface area contributed by atoms with Crippen molar-refractivity contribution in [1.82, 2.24) is 0 Å². The normalized spacial score (nSPS) is 13.3. The number of hydrogen-bond donors (Lipinski definition) is 1. The van der Waals surface area contributed by atoms with Crippen LogP contribution in [0.4, 0.5) is 14.5 Å². The van der Waals surface area contributed by atoms with Crippen LogP contribution in [0.15, 0.2) is 12.1 Å². The molecule has 0 saturated heterocycles. The third kappa shape index (κ3) is 5.05. The third-order valence-corrected chi connectivity index (χ3v) is 3.74. The maximum atomic E-state index is 14.0. The molecule has 0 bridgehead atoms. The van der Waals surface area contributed by atoms with Crippen LogP contribution in [0.3, 0.4) is 0 Å². The molecule has 1 aromatic rings. The fourth-order valence-corrected chi connectivity index (χ4v) is 2.49. The number of sulfone groups is 1. The maximum Gasteiger partial charge on any atom is 0.149 e. The van der Waals surface area contributed by atoms with Gasteiger partial charge in [0.1, 0.15) is 27.2 Å². The first kappa shape index (κ1) is 16.8. The van der Waals surface area contributed by atoms with E-state index >= 15 is 0 Å². The van der Waals surface area contributed by atoms with Crippen LogP contribution in [-0.4, -0.2) is 40.1 Å². The summed E-state index contributed by atoms with van der Waals surface area (Å²) in [7, 11) is -1.72. The lowest BCUT2D eigenvalue weighted by Gasteiger charge is -2.21. The topological polar surface area (TPSA) is 63.4 Å². The molecule has 1 aromatic carbocycles. The van der Waals surface area contributed by atoms with Gasteiger partial charge >= 0.3 is 0 Å². The highest BCUT2D eigenvalue weighted by atomic mass is 32.2. The molecule has 2 N–H and O–H groups in total. The Kier molecular flexibility index (Phi) is 5.47. The van der Waals surface area contributed by atoms with Crippen molar-refractivity contribution in [3.05, 3.63) is 29.3 Å². The lowest BCUT2D eigenvalue weighted by atomic mass is 10.1. The van der Waals surface area contributed by atoms with Gasteiger partial charge in [0, 0.05) is 25.9 Å². The van der Waals surface area contributed by atoms with E-state index in [0.717, 1.165) is 6.26 Å². The van der Waals surface area contributed by atoms with Crippen LogP contribution in [0, 0.1) is 11.6 Å². The summed E-state index contributed by atoms with van der Waals surface area (Å²) in [6, 6.07) is 2.28. The number of nitrogens with zero attached hydrogens (tertiary/aromatic N) is 1. The summed E-state index contributed by atoms with van der Waals surface area (Å²) in [5.41, 5.74) is 5.86. The standard InChI is InChI=1S/C13H20F2N2O2S/c1-9(16)6-10-7-11(14)13(12(15)8-10)17(2)4-5-20(3,18)19/h7-9H,4-6,16H2,1-3H3. The van der Waals surface area contributed by atoms with E-state index in [1.165, 1.54) is 24.1 Å². The van der Waals surface area contributed by atoms with E-state index < -0.39 is 21.5 Å². The van der Waals surface area contributed by atoms with E-state index in [1.807, 2.05) is 0 Å². The first-order valence-electron chi connectivity index (χ1n) is 6.22. The van der Waals surface area contributed by atoms with Gasteiger partial charge in [-0.25, -0.2) is 17.2 Å². The fourth-order valence-electron chi connectivity index (χ4n) is 1.89. The second kappa shape index (κ2) is 6.49. The minimum absolute atomic E-state index is 0.0271. The Labute approximate surface area is 118 Å². The van der Waals surface area contributed by atoms with E-state index in [0.29, 0.717) is 12.0 Å². The van der Waals surface area contributed by atoms with Crippen molar-refractivity contribution in [2.24, 2.45) is 5.73 Å². The Bertz CT molecular complexity index is 551. The Hall–Kier alpha value is -1.21. The van der Waals surface area contributed by atoms with Crippen molar-refractivity contribution < 1.29 is 17.2 Å². The molecule has 0 aliphatic rings. The first-order chi connectivity index (χ1) is 9.10. The van der Waals surface area contributed by atoms with Gasteiger partial charge in [0.2, 0.25) is 0 Å². The Morgan fingerprint density at radius 2 is 1.80 bits per heavy atom. The summed E-state index contributed by atoms with van der Waals surface area (Å²) in [4.78, 5) is 1.27. The highest BCUT2D eigenvalue weighted by molar-refractivity contribution is 7.90. The van der Waals surface area contributed by atoms with Crippen LogP contribution < -0.4 is 10.6 Å². The molecule has 1 unspecified atom stereocenters. The molecule has 4 nitrogen and oxygen atoms in total. The van der Waals surface area contributed by atoms with Crippen molar-refractivity contribution in [3.8, 4) is 0 Å². The zero-order chi connectivity index (χ0) is 15.5. The summed E-state index contributed by atoms with van der Waals surface area (Å²) >= 11 is 0. The van der Waals surface area contributed by atoms with Crippen molar-refractivity contribution >= 4 is 15.5 Å². The van der Waals surface area contributed by atoms with Gasteiger partial charge in [-0.3, -0.25) is 0 Å². The second-order valence-electron chi connectivity index (χ2n) is 5.14. The summed E-state index contributed by atoms with van der Waals surface area (Å²) in [6.07, 6.45) is 1.46.